The highest BCUT2D eigenvalue weighted by Gasteiger charge is 2.21. The van der Waals surface area contributed by atoms with Crippen molar-refractivity contribution in [2.24, 2.45) is 0 Å². The van der Waals surface area contributed by atoms with Gasteiger partial charge < -0.3 is 10.0 Å². The molecule has 0 bridgehead atoms. The first-order valence-corrected chi connectivity index (χ1v) is 5.01. The predicted molar refractivity (Wildman–Crippen MR) is 51.6 cm³/mol. The van der Waals surface area contributed by atoms with Gasteiger partial charge in [0.1, 0.15) is 5.78 Å². The molecule has 0 spiro atoms. The summed E-state index contributed by atoms with van der Waals surface area (Å²) >= 11 is 0. The smallest absolute Gasteiger partial charge is 0.131 e. The summed E-state index contributed by atoms with van der Waals surface area (Å²) in [5.41, 5.74) is 0. The molecule has 0 aromatic rings. The van der Waals surface area contributed by atoms with E-state index >= 15 is 0 Å². The molecule has 13 heavy (non-hydrogen) atoms. The van der Waals surface area contributed by atoms with Crippen molar-refractivity contribution < 1.29 is 9.90 Å². The van der Waals surface area contributed by atoms with Gasteiger partial charge in [0.25, 0.3) is 0 Å². The Bertz CT molecular complexity index is 174. The lowest BCUT2D eigenvalue weighted by molar-refractivity contribution is -0.118. The third kappa shape index (κ3) is 3.44. The molecule has 0 aliphatic carbocycles. The number of hydrogen-bond acceptors (Lipinski definition) is 3. The molecule has 0 saturated carbocycles. The van der Waals surface area contributed by atoms with E-state index in [0.717, 1.165) is 25.9 Å². The lowest BCUT2D eigenvalue weighted by Crippen LogP contribution is -2.42. The Morgan fingerprint density at radius 2 is 2.08 bits per heavy atom. The van der Waals surface area contributed by atoms with Gasteiger partial charge in [-0.05, 0) is 26.7 Å². The van der Waals surface area contributed by atoms with Crippen molar-refractivity contribution in [3.8, 4) is 0 Å². The van der Waals surface area contributed by atoms with Gasteiger partial charge in [0.15, 0.2) is 0 Å². The third-order valence-corrected chi connectivity index (χ3v) is 2.71. The van der Waals surface area contributed by atoms with Crippen LogP contribution in [0.5, 0.6) is 0 Å². The predicted octanol–water partition coefficient (Wildman–Crippen LogP) is 0.811. The molecule has 1 unspecified atom stereocenters. The van der Waals surface area contributed by atoms with E-state index in [1.807, 2.05) is 0 Å². The monoisotopic (exact) mass is 185 g/mol. The number of likely N-dealkylation sites (tertiary alicyclic amines) is 1. The molecular weight excluding hydrogens is 166 g/mol. The van der Waals surface area contributed by atoms with Crippen LogP contribution >= 0.6 is 0 Å². The maximum atomic E-state index is 10.9. The topological polar surface area (TPSA) is 40.5 Å². The molecule has 0 amide bonds. The summed E-state index contributed by atoms with van der Waals surface area (Å²) in [6.07, 6.45) is 2.21. The van der Waals surface area contributed by atoms with Crippen molar-refractivity contribution in [1.82, 2.24) is 4.90 Å². The average molecular weight is 185 g/mol. The highest BCUT2D eigenvalue weighted by Crippen LogP contribution is 2.14. The summed E-state index contributed by atoms with van der Waals surface area (Å²) in [6.45, 7) is 5.57. The van der Waals surface area contributed by atoms with Gasteiger partial charge in [-0.1, -0.05) is 0 Å². The second-order valence-corrected chi connectivity index (χ2v) is 4.02. The van der Waals surface area contributed by atoms with E-state index in [1.54, 1.807) is 6.92 Å². The third-order valence-electron chi connectivity index (χ3n) is 2.71. The quantitative estimate of drug-likeness (QED) is 0.707. The molecule has 1 aliphatic heterocycles. The minimum atomic E-state index is -0.124. The summed E-state index contributed by atoms with van der Waals surface area (Å²) in [7, 11) is 0. The second kappa shape index (κ2) is 4.72. The van der Waals surface area contributed by atoms with Crippen LogP contribution in [-0.2, 0) is 4.79 Å². The Balaban J connectivity index is 2.31. The minimum absolute atomic E-state index is 0.124. The summed E-state index contributed by atoms with van der Waals surface area (Å²) in [5.74, 6) is 0.249. The maximum absolute atomic E-state index is 10.9. The van der Waals surface area contributed by atoms with Crippen LogP contribution in [0.15, 0.2) is 0 Å². The SMILES string of the molecule is CC(=O)CC(C)N1CCC(O)CC1. The fraction of sp³-hybridized carbons (Fsp3) is 0.900. The molecule has 0 aromatic carbocycles. The highest BCUT2D eigenvalue weighted by atomic mass is 16.3. The number of aliphatic hydroxyl groups is 1. The number of Topliss-reactive ketones (excluding diaryl/α,β-unsaturated/α-hetero) is 1. The molecule has 1 rings (SSSR count). The van der Waals surface area contributed by atoms with Gasteiger partial charge in [-0.15, -0.1) is 0 Å². The fourth-order valence-corrected chi connectivity index (χ4v) is 1.87. The van der Waals surface area contributed by atoms with Gasteiger partial charge in [0.05, 0.1) is 6.10 Å². The van der Waals surface area contributed by atoms with E-state index in [1.165, 1.54) is 0 Å². The molecule has 1 atom stereocenters. The van der Waals surface area contributed by atoms with Crippen molar-refractivity contribution in [3.63, 3.8) is 0 Å². The normalized spacial score (nSPS) is 23.0. The van der Waals surface area contributed by atoms with Gasteiger partial charge in [0, 0.05) is 25.6 Å². The molecule has 1 heterocycles. The standard InChI is InChI=1S/C10H19NO2/c1-8(7-9(2)12)11-5-3-10(13)4-6-11/h8,10,13H,3-7H2,1-2H3. The number of carbonyl (C=O) groups excluding carboxylic acids is 1. The zero-order valence-corrected chi connectivity index (χ0v) is 8.49. The fourth-order valence-electron chi connectivity index (χ4n) is 1.87. The van der Waals surface area contributed by atoms with Crippen molar-refractivity contribution in [2.75, 3.05) is 13.1 Å². The molecule has 1 N–H and O–H groups in total. The maximum Gasteiger partial charge on any atom is 0.131 e. The number of rotatable bonds is 3. The Morgan fingerprint density at radius 1 is 1.54 bits per heavy atom. The Morgan fingerprint density at radius 3 is 2.54 bits per heavy atom. The highest BCUT2D eigenvalue weighted by molar-refractivity contribution is 5.76. The first-order valence-electron chi connectivity index (χ1n) is 5.01. The van der Waals surface area contributed by atoms with Gasteiger partial charge in [0.2, 0.25) is 0 Å². The number of piperidine rings is 1. The van der Waals surface area contributed by atoms with Crippen LogP contribution in [-0.4, -0.2) is 41.0 Å². The molecule has 3 nitrogen and oxygen atoms in total. The van der Waals surface area contributed by atoms with Crippen LogP contribution in [0.3, 0.4) is 0 Å². The largest absolute Gasteiger partial charge is 0.393 e. The lowest BCUT2D eigenvalue weighted by atomic mass is 10.0. The van der Waals surface area contributed by atoms with Crippen LogP contribution < -0.4 is 0 Å². The van der Waals surface area contributed by atoms with Gasteiger partial charge in [-0.3, -0.25) is 4.79 Å². The van der Waals surface area contributed by atoms with Crippen LogP contribution in [0.25, 0.3) is 0 Å². The van der Waals surface area contributed by atoms with E-state index < -0.39 is 0 Å². The van der Waals surface area contributed by atoms with E-state index in [-0.39, 0.29) is 11.9 Å². The number of nitrogens with zero attached hydrogens (tertiary/aromatic N) is 1. The Kier molecular flexibility index (Phi) is 3.88. The Labute approximate surface area is 79.7 Å². The molecule has 76 valence electrons. The van der Waals surface area contributed by atoms with Gasteiger partial charge in [-0.2, -0.15) is 0 Å². The summed E-state index contributed by atoms with van der Waals surface area (Å²) in [6, 6.07) is 0.338. The molecular formula is C10H19NO2. The lowest BCUT2D eigenvalue weighted by Gasteiger charge is -2.33. The zero-order chi connectivity index (χ0) is 9.84. The van der Waals surface area contributed by atoms with Crippen molar-refractivity contribution in [2.45, 2.75) is 45.3 Å². The number of carbonyl (C=O) groups is 1. The number of aliphatic hydroxyl groups excluding tert-OH is 1. The zero-order valence-electron chi connectivity index (χ0n) is 8.49. The first kappa shape index (κ1) is 10.7. The Hall–Kier alpha value is -0.410. The van der Waals surface area contributed by atoms with E-state index in [9.17, 15) is 9.90 Å². The minimum Gasteiger partial charge on any atom is -0.393 e. The van der Waals surface area contributed by atoms with Gasteiger partial charge in [-0.25, -0.2) is 0 Å². The molecule has 1 aliphatic rings. The van der Waals surface area contributed by atoms with Gasteiger partial charge >= 0.3 is 0 Å². The molecule has 0 radical (unpaired) electrons. The summed E-state index contributed by atoms with van der Waals surface area (Å²) in [4.78, 5) is 13.2. The summed E-state index contributed by atoms with van der Waals surface area (Å²) in [5, 5.41) is 9.30. The molecule has 0 aromatic heterocycles. The van der Waals surface area contributed by atoms with Crippen LogP contribution in [0.4, 0.5) is 0 Å². The van der Waals surface area contributed by atoms with Crippen molar-refractivity contribution in [3.05, 3.63) is 0 Å². The summed E-state index contributed by atoms with van der Waals surface area (Å²) < 4.78 is 0. The van der Waals surface area contributed by atoms with Crippen molar-refractivity contribution in [1.29, 1.82) is 0 Å². The van der Waals surface area contributed by atoms with E-state index in [0.29, 0.717) is 12.5 Å². The second-order valence-electron chi connectivity index (χ2n) is 4.02. The van der Waals surface area contributed by atoms with Crippen LogP contribution in [0, 0.1) is 0 Å². The first-order chi connectivity index (χ1) is 6.09. The van der Waals surface area contributed by atoms with Crippen molar-refractivity contribution >= 4 is 5.78 Å². The van der Waals surface area contributed by atoms with E-state index in [2.05, 4.69) is 11.8 Å². The molecule has 1 saturated heterocycles. The van der Waals surface area contributed by atoms with Crippen LogP contribution in [0.1, 0.15) is 33.1 Å². The number of ketones is 1. The molecule has 3 heteroatoms. The molecule has 1 fully saturated rings. The number of hydrogen-bond donors (Lipinski definition) is 1. The average Bonchev–Trinajstić information content (AvgIpc) is 2.04. The van der Waals surface area contributed by atoms with Crippen LogP contribution in [0.2, 0.25) is 0 Å². The van der Waals surface area contributed by atoms with E-state index in [4.69, 9.17) is 0 Å².